The van der Waals surface area contributed by atoms with E-state index in [1.165, 1.54) is 10.8 Å². The topological polar surface area (TPSA) is 50.8 Å². The van der Waals surface area contributed by atoms with Gasteiger partial charge in [-0.1, -0.05) is 6.07 Å². The van der Waals surface area contributed by atoms with E-state index in [2.05, 4.69) is 9.72 Å². The fourth-order valence-electron chi connectivity index (χ4n) is 2.19. The van der Waals surface area contributed by atoms with Gasteiger partial charge in [0.2, 0.25) is 0 Å². The average Bonchev–Trinajstić information content (AvgIpc) is 2.86. The van der Waals surface area contributed by atoms with Crippen molar-refractivity contribution in [1.29, 1.82) is 5.26 Å². The lowest BCUT2D eigenvalue weighted by Crippen LogP contribution is -2.04. The number of halogens is 3. The summed E-state index contributed by atoms with van der Waals surface area (Å²) < 4.78 is 44.2. The van der Waals surface area contributed by atoms with Crippen LogP contribution in [0.25, 0.3) is 16.7 Å². The molecule has 3 rings (SSSR count). The van der Waals surface area contributed by atoms with Gasteiger partial charge in [-0.25, -0.2) is 9.37 Å². The van der Waals surface area contributed by atoms with Crippen LogP contribution in [-0.2, 0) is 0 Å². The van der Waals surface area contributed by atoms with Crippen molar-refractivity contribution in [3.8, 4) is 17.6 Å². The monoisotopic (exact) mass is 303 g/mol. The Bertz CT molecular complexity index is 869. The fraction of sp³-hybridized carbons (Fsp3) is 0.0667. The van der Waals surface area contributed by atoms with Gasteiger partial charge in [0.05, 0.1) is 11.1 Å². The van der Waals surface area contributed by atoms with Crippen molar-refractivity contribution in [2.75, 3.05) is 0 Å². The number of aromatic nitrogens is 2. The van der Waals surface area contributed by atoms with E-state index in [4.69, 9.17) is 5.26 Å². The summed E-state index contributed by atoms with van der Waals surface area (Å²) in [5.74, 6) is -1.06. The van der Waals surface area contributed by atoms with Gasteiger partial charge >= 0.3 is 6.61 Å². The molecular weight excluding hydrogens is 295 g/mol. The molecule has 0 unspecified atom stereocenters. The maximum absolute atomic E-state index is 13.8. The normalized spacial score (nSPS) is 10.9. The summed E-state index contributed by atoms with van der Waals surface area (Å²) >= 11 is 0. The first-order chi connectivity index (χ1) is 10.6. The van der Waals surface area contributed by atoms with Crippen LogP contribution in [0.2, 0.25) is 0 Å². The summed E-state index contributed by atoms with van der Waals surface area (Å²) in [4.78, 5) is 4.13. The number of hydrogen-bond acceptors (Lipinski definition) is 3. The van der Waals surface area contributed by atoms with Crippen LogP contribution in [0.4, 0.5) is 13.2 Å². The highest BCUT2D eigenvalue weighted by molar-refractivity contribution is 5.89. The number of pyridine rings is 1. The van der Waals surface area contributed by atoms with E-state index in [0.29, 0.717) is 16.7 Å². The summed E-state index contributed by atoms with van der Waals surface area (Å²) in [7, 11) is 0. The second-order valence-electron chi connectivity index (χ2n) is 4.39. The van der Waals surface area contributed by atoms with Gasteiger partial charge in [0.15, 0.2) is 11.6 Å². The average molecular weight is 303 g/mol. The summed E-state index contributed by atoms with van der Waals surface area (Å²) in [6.07, 6.45) is 3.02. The molecule has 0 spiro atoms. The number of alkyl halides is 2. The van der Waals surface area contributed by atoms with Crippen molar-refractivity contribution in [3.05, 3.63) is 54.1 Å². The lowest BCUT2D eigenvalue weighted by Gasteiger charge is -2.08. The molecule has 22 heavy (non-hydrogen) atoms. The smallest absolute Gasteiger partial charge is 0.387 e. The molecule has 0 atom stereocenters. The third kappa shape index (κ3) is 2.35. The Morgan fingerprint density at radius 2 is 2.09 bits per heavy atom. The molecule has 2 aromatic heterocycles. The molecule has 1 aromatic carbocycles. The van der Waals surface area contributed by atoms with E-state index in [1.54, 1.807) is 24.4 Å². The molecule has 0 amide bonds. The molecule has 0 N–H and O–H groups in total. The summed E-state index contributed by atoms with van der Waals surface area (Å²) in [6, 6.07) is 9.21. The summed E-state index contributed by atoms with van der Waals surface area (Å²) in [5, 5.41) is 9.44. The highest BCUT2D eigenvalue weighted by atomic mass is 19.3. The molecule has 0 bridgehead atoms. The minimum atomic E-state index is -3.14. The molecule has 0 fully saturated rings. The highest BCUT2D eigenvalue weighted by Crippen LogP contribution is 2.30. The molecular formula is C15H8F3N3O. The summed E-state index contributed by atoms with van der Waals surface area (Å²) in [6.45, 7) is -3.14. The van der Waals surface area contributed by atoms with Crippen LogP contribution in [0.15, 0.2) is 42.7 Å². The molecule has 0 aliphatic rings. The SMILES string of the molecule is N#Cc1cn(-c2ccccn2)c2cc(OC(F)F)c(F)cc12. The van der Waals surface area contributed by atoms with Gasteiger partial charge in [0, 0.05) is 23.8 Å². The second kappa shape index (κ2) is 5.41. The Morgan fingerprint density at radius 1 is 1.27 bits per heavy atom. The van der Waals surface area contributed by atoms with Gasteiger partial charge in [0.25, 0.3) is 0 Å². The maximum atomic E-state index is 13.8. The Morgan fingerprint density at radius 3 is 2.73 bits per heavy atom. The van der Waals surface area contributed by atoms with Crippen LogP contribution in [-0.4, -0.2) is 16.2 Å². The van der Waals surface area contributed by atoms with Gasteiger partial charge in [-0.2, -0.15) is 14.0 Å². The highest BCUT2D eigenvalue weighted by Gasteiger charge is 2.17. The van der Waals surface area contributed by atoms with Crippen LogP contribution in [0.3, 0.4) is 0 Å². The van der Waals surface area contributed by atoms with Gasteiger partial charge in [-0.15, -0.1) is 0 Å². The zero-order valence-corrected chi connectivity index (χ0v) is 11.0. The van der Waals surface area contributed by atoms with Crippen LogP contribution >= 0.6 is 0 Å². The van der Waals surface area contributed by atoms with Gasteiger partial charge in [-0.3, -0.25) is 4.57 Å². The fourth-order valence-corrected chi connectivity index (χ4v) is 2.19. The van der Waals surface area contributed by atoms with E-state index in [1.807, 2.05) is 6.07 Å². The number of benzene rings is 1. The van der Waals surface area contributed by atoms with E-state index in [9.17, 15) is 13.2 Å². The standard InChI is InChI=1S/C15H8F3N3O/c16-11-5-10-9(7-19)8-21(14-3-1-2-4-20-14)12(10)6-13(11)22-15(17)18/h1-6,8,15H. The third-order valence-electron chi connectivity index (χ3n) is 3.09. The number of fused-ring (bicyclic) bond motifs is 1. The van der Waals surface area contributed by atoms with Crippen LogP contribution in [0, 0.1) is 17.1 Å². The molecule has 2 heterocycles. The molecule has 110 valence electrons. The molecule has 0 aliphatic carbocycles. The zero-order chi connectivity index (χ0) is 15.7. The van der Waals surface area contributed by atoms with Crippen molar-refractivity contribution >= 4 is 10.9 Å². The largest absolute Gasteiger partial charge is 0.432 e. The zero-order valence-electron chi connectivity index (χ0n) is 11.0. The second-order valence-corrected chi connectivity index (χ2v) is 4.39. The van der Waals surface area contributed by atoms with E-state index in [-0.39, 0.29) is 5.56 Å². The lowest BCUT2D eigenvalue weighted by atomic mass is 10.2. The Hall–Kier alpha value is -3.01. The predicted molar refractivity (Wildman–Crippen MR) is 72.4 cm³/mol. The van der Waals surface area contributed by atoms with E-state index < -0.39 is 18.2 Å². The van der Waals surface area contributed by atoms with E-state index in [0.717, 1.165) is 12.1 Å². The molecule has 7 heteroatoms. The Kier molecular flexibility index (Phi) is 3.43. The number of nitriles is 1. The predicted octanol–water partition coefficient (Wildman–Crippen LogP) is 3.64. The molecule has 4 nitrogen and oxygen atoms in total. The van der Waals surface area contributed by atoms with Crippen LogP contribution < -0.4 is 4.74 Å². The molecule has 0 radical (unpaired) electrons. The van der Waals surface area contributed by atoms with Crippen LogP contribution in [0.5, 0.6) is 5.75 Å². The number of hydrogen-bond donors (Lipinski definition) is 0. The van der Waals surface area contributed by atoms with Crippen molar-refractivity contribution < 1.29 is 17.9 Å². The number of nitrogens with zero attached hydrogens (tertiary/aromatic N) is 3. The first-order valence-electron chi connectivity index (χ1n) is 6.21. The first-order valence-corrected chi connectivity index (χ1v) is 6.21. The maximum Gasteiger partial charge on any atom is 0.387 e. The third-order valence-corrected chi connectivity index (χ3v) is 3.09. The van der Waals surface area contributed by atoms with Gasteiger partial charge in [-0.05, 0) is 18.2 Å². The van der Waals surface area contributed by atoms with Crippen molar-refractivity contribution in [2.24, 2.45) is 0 Å². The number of ether oxygens (including phenoxy) is 1. The molecule has 3 aromatic rings. The molecule has 0 saturated heterocycles. The van der Waals surface area contributed by atoms with Crippen molar-refractivity contribution in [2.45, 2.75) is 6.61 Å². The Balaban J connectivity index is 2.27. The molecule has 0 aliphatic heterocycles. The minimum absolute atomic E-state index is 0.211. The Labute approximate surface area is 123 Å². The summed E-state index contributed by atoms with van der Waals surface area (Å²) in [5.41, 5.74) is 0.565. The quantitative estimate of drug-likeness (QED) is 0.742. The lowest BCUT2D eigenvalue weighted by molar-refractivity contribution is -0.0520. The van der Waals surface area contributed by atoms with Gasteiger partial charge in [0.1, 0.15) is 11.9 Å². The van der Waals surface area contributed by atoms with Crippen LogP contribution in [0.1, 0.15) is 5.56 Å². The van der Waals surface area contributed by atoms with Crippen molar-refractivity contribution in [3.63, 3.8) is 0 Å². The van der Waals surface area contributed by atoms with E-state index >= 15 is 0 Å². The van der Waals surface area contributed by atoms with Crippen molar-refractivity contribution in [1.82, 2.24) is 9.55 Å². The minimum Gasteiger partial charge on any atom is -0.432 e. The van der Waals surface area contributed by atoms with Gasteiger partial charge < -0.3 is 4.74 Å². The number of rotatable bonds is 3. The first kappa shape index (κ1) is 13.9. The molecule has 0 saturated carbocycles.